The first kappa shape index (κ1) is 8.21. The molecule has 51 valence electrons. The van der Waals surface area contributed by atoms with Crippen molar-refractivity contribution in [3.05, 3.63) is 12.7 Å². The summed E-state index contributed by atoms with van der Waals surface area (Å²) in [5.74, 6) is 0. The van der Waals surface area contributed by atoms with Gasteiger partial charge in [-0.2, -0.15) is 0 Å². The van der Waals surface area contributed by atoms with E-state index in [1.165, 1.54) is 6.47 Å². The smallest absolute Gasteiger partial charge is 0.417 e. The van der Waals surface area contributed by atoms with Crippen LogP contribution in [0.3, 0.4) is 0 Å². The summed E-state index contributed by atoms with van der Waals surface area (Å²) in [5.41, 5.74) is 0. The molecule has 0 aliphatic carbocycles. The molecule has 0 bridgehead atoms. The lowest BCUT2D eigenvalue weighted by atomic mass is 10.2. The van der Waals surface area contributed by atoms with Crippen LogP contribution < -0.4 is 0 Å². The molecule has 0 aromatic heterocycles. The molecule has 0 saturated carbocycles. The minimum absolute atomic E-state index is 0.0278. The van der Waals surface area contributed by atoms with Gasteiger partial charge in [-0.1, -0.05) is 13.0 Å². The first-order valence-electron chi connectivity index (χ1n) is 2.98. The van der Waals surface area contributed by atoms with Crippen molar-refractivity contribution in [2.75, 3.05) is 0 Å². The lowest BCUT2D eigenvalue weighted by Crippen LogP contribution is -2.08. The van der Waals surface area contributed by atoms with Crippen molar-refractivity contribution in [2.45, 2.75) is 25.9 Å². The fourth-order valence-corrected chi connectivity index (χ4v) is 0.552. The molecule has 0 saturated heterocycles. The van der Waals surface area contributed by atoms with Crippen LogP contribution in [0.25, 0.3) is 0 Å². The van der Waals surface area contributed by atoms with E-state index in [9.17, 15) is 4.79 Å². The molecule has 0 aliphatic heterocycles. The van der Waals surface area contributed by atoms with Crippen molar-refractivity contribution >= 4 is 6.47 Å². The minimum atomic E-state index is -0.0278. The Kier molecular flexibility index (Phi) is 4.88. The standard InChI is InChI=1S/C7H11O2/c1-3-5-7(4-2)9-6-8/h3,7H,1,4-5H2,2H3. The Morgan fingerprint density at radius 2 is 2.56 bits per heavy atom. The second-order valence-electron chi connectivity index (χ2n) is 1.76. The number of hydrogen-bond acceptors (Lipinski definition) is 2. The minimum Gasteiger partial charge on any atom is -0.454 e. The van der Waals surface area contributed by atoms with Gasteiger partial charge in [0.25, 0.3) is 0 Å². The van der Waals surface area contributed by atoms with Crippen LogP contribution in [0, 0.1) is 0 Å². The molecule has 2 heteroatoms. The van der Waals surface area contributed by atoms with Gasteiger partial charge < -0.3 is 4.74 Å². The molecule has 0 rings (SSSR count). The maximum atomic E-state index is 9.67. The predicted octanol–water partition coefficient (Wildman–Crippen LogP) is 1.42. The molecule has 0 fully saturated rings. The van der Waals surface area contributed by atoms with Gasteiger partial charge in [0.2, 0.25) is 0 Å². The van der Waals surface area contributed by atoms with Crippen molar-refractivity contribution in [3.63, 3.8) is 0 Å². The molecular formula is C7H11O2. The molecule has 0 aliphatic rings. The van der Waals surface area contributed by atoms with E-state index >= 15 is 0 Å². The van der Waals surface area contributed by atoms with E-state index in [-0.39, 0.29) is 6.10 Å². The van der Waals surface area contributed by atoms with Gasteiger partial charge in [0, 0.05) is 6.42 Å². The zero-order chi connectivity index (χ0) is 7.11. The quantitative estimate of drug-likeness (QED) is 0.522. The summed E-state index contributed by atoms with van der Waals surface area (Å²) in [6, 6.07) is 0. The van der Waals surface area contributed by atoms with Crippen LogP contribution >= 0.6 is 0 Å². The Morgan fingerprint density at radius 1 is 1.89 bits per heavy atom. The maximum Gasteiger partial charge on any atom is 0.417 e. The van der Waals surface area contributed by atoms with Crippen LogP contribution in [-0.2, 0) is 9.53 Å². The summed E-state index contributed by atoms with van der Waals surface area (Å²) in [4.78, 5) is 9.67. The van der Waals surface area contributed by atoms with Crippen LogP contribution in [0.4, 0.5) is 0 Å². The predicted molar refractivity (Wildman–Crippen MR) is 35.7 cm³/mol. The first-order valence-corrected chi connectivity index (χ1v) is 2.98. The second kappa shape index (κ2) is 5.35. The molecule has 2 nitrogen and oxygen atoms in total. The van der Waals surface area contributed by atoms with E-state index in [0.29, 0.717) is 6.42 Å². The maximum absolute atomic E-state index is 9.67. The number of carbonyl (C=O) groups excluding carboxylic acids is 1. The van der Waals surface area contributed by atoms with Crippen molar-refractivity contribution in [2.24, 2.45) is 0 Å². The Hall–Kier alpha value is -0.790. The van der Waals surface area contributed by atoms with Crippen LogP contribution in [0.2, 0.25) is 0 Å². The zero-order valence-electron chi connectivity index (χ0n) is 5.59. The van der Waals surface area contributed by atoms with Crippen molar-refractivity contribution in [1.82, 2.24) is 0 Å². The molecule has 1 atom stereocenters. The van der Waals surface area contributed by atoms with Crippen LogP contribution in [0.5, 0.6) is 0 Å². The van der Waals surface area contributed by atoms with Crippen molar-refractivity contribution < 1.29 is 9.53 Å². The molecule has 0 aromatic rings. The van der Waals surface area contributed by atoms with Crippen LogP contribution in [-0.4, -0.2) is 12.6 Å². The molecule has 1 unspecified atom stereocenters. The normalized spacial score (nSPS) is 12.1. The van der Waals surface area contributed by atoms with E-state index in [1.807, 2.05) is 6.92 Å². The third-order valence-electron chi connectivity index (χ3n) is 1.10. The van der Waals surface area contributed by atoms with Gasteiger partial charge in [0.15, 0.2) is 0 Å². The van der Waals surface area contributed by atoms with Gasteiger partial charge in [-0.15, -0.1) is 6.58 Å². The summed E-state index contributed by atoms with van der Waals surface area (Å²) >= 11 is 0. The van der Waals surface area contributed by atoms with Crippen molar-refractivity contribution in [3.8, 4) is 0 Å². The fourth-order valence-electron chi connectivity index (χ4n) is 0.552. The Labute approximate surface area is 55.5 Å². The molecule has 0 amide bonds. The topological polar surface area (TPSA) is 26.3 Å². The van der Waals surface area contributed by atoms with E-state index in [1.54, 1.807) is 6.08 Å². The largest absolute Gasteiger partial charge is 0.454 e. The number of hydrogen-bond donors (Lipinski definition) is 0. The third-order valence-corrected chi connectivity index (χ3v) is 1.10. The summed E-state index contributed by atoms with van der Waals surface area (Å²) in [7, 11) is 0. The Balaban J connectivity index is 3.39. The van der Waals surface area contributed by atoms with Gasteiger partial charge in [0.05, 0.1) is 0 Å². The highest BCUT2D eigenvalue weighted by atomic mass is 16.5. The Morgan fingerprint density at radius 3 is 2.89 bits per heavy atom. The summed E-state index contributed by atoms with van der Waals surface area (Å²) < 4.78 is 4.55. The highest BCUT2D eigenvalue weighted by Crippen LogP contribution is 2.01. The first-order chi connectivity index (χ1) is 4.35. The summed E-state index contributed by atoms with van der Waals surface area (Å²) in [6.07, 6.45) is 3.23. The van der Waals surface area contributed by atoms with E-state index < -0.39 is 0 Å². The van der Waals surface area contributed by atoms with Crippen LogP contribution in [0.15, 0.2) is 12.7 Å². The van der Waals surface area contributed by atoms with E-state index in [4.69, 9.17) is 0 Å². The fraction of sp³-hybridized carbons (Fsp3) is 0.571. The average Bonchev–Trinajstić information content (AvgIpc) is 1.88. The lowest BCUT2D eigenvalue weighted by Gasteiger charge is -2.07. The van der Waals surface area contributed by atoms with E-state index in [0.717, 1.165) is 6.42 Å². The monoisotopic (exact) mass is 127 g/mol. The molecule has 0 N–H and O–H groups in total. The molecule has 9 heavy (non-hydrogen) atoms. The highest BCUT2D eigenvalue weighted by Gasteiger charge is 2.01. The van der Waals surface area contributed by atoms with E-state index in [2.05, 4.69) is 11.3 Å². The van der Waals surface area contributed by atoms with Gasteiger partial charge in [-0.25, -0.2) is 4.79 Å². The van der Waals surface area contributed by atoms with Gasteiger partial charge in [-0.3, -0.25) is 0 Å². The third kappa shape index (κ3) is 3.76. The Bertz CT molecular complexity index is 78.9. The summed E-state index contributed by atoms with van der Waals surface area (Å²) in [6.45, 7) is 6.88. The highest BCUT2D eigenvalue weighted by molar-refractivity contribution is 5.38. The molecule has 1 radical (unpaired) electrons. The second-order valence-corrected chi connectivity index (χ2v) is 1.76. The molecule has 0 spiro atoms. The SMILES string of the molecule is C=CCC(CC)O[C]=O. The molecule has 0 heterocycles. The number of ether oxygens (including phenoxy) is 1. The molecular weight excluding hydrogens is 116 g/mol. The number of rotatable bonds is 5. The van der Waals surface area contributed by atoms with Crippen LogP contribution in [0.1, 0.15) is 19.8 Å². The molecule has 0 aromatic carbocycles. The summed E-state index contributed by atoms with van der Waals surface area (Å²) in [5, 5.41) is 0. The van der Waals surface area contributed by atoms with Gasteiger partial charge in [-0.05, 0) is 6.42 Å². The van der Waals surface area contributed by atoms with Gasteiger partial charge in [0.1, 0.15) is 6.10 Å². The van der Waals surface area contributed by atoms with Gasteiger partial charge >= 0.3 is 6.47 Å². The zero-order valence-corrected chi connectivity index (χ0v) is 5.59. The lowest BCUT2D eigenvalue weighted by molar-refractivity contribution is 0.175. The van der Waals surface area contributed by atoms with Crippen molar-refractivity contribution in [1.29, 1.82) is 0 Å². The average molecular weight is 127 g/mol.